The van der Waals surface area contributed by atoms with Crippen molar-refractivity contribution in [3.8, 4) is 0 Å². The molecule has 5 rings (SSSR count). The highest BCUT2D eigenvalue weighted by atomic mass is 79.9. The van der Waals surface area contributed by atoms with Crippen molar-refractivity contribution < 1.29 is 4.79 Å². The van der Waals surface area contributed by atoms with Gasteiger partial charge in [-0.2, -0.15) is 0 Å². The van der Waals surface area contributed by atoms with Gasteiger partial charge >= 0.3 is 0 Å². The van der Waals surface area contributed by atoms with Crippen LogP contribution in [0.5, 0.6) is 0 Å². The number of carbonyl (C=O) groups excluding carboxylic acids is 1. The van der Waals surface area contributed by atoms with E-state index in [1.54, 1.807) is 0 Å². The van der Waals surface area contributed by atoms with Crippen LogP contribution in [0, 0.1) is 0 Å². The molecule has 4 aromatic rings. The first kappa shape index (κ1) is 19.6. The van der Waals surface area contributed by atoms with E-state index in [0.29, 0.717) is 12.1 Å². The highest BCUT2D eigenvalue weighted by Gasteiger charge is 2.39. The molecule has 0 aromatic heterocycles. The van der Waals surface area contributed by atoms with E-state index in [1.807, 2.05) is 77.7 Å². The van der Waals surface area contributed by atoms with E-state index >= 15 is 0 Å². The fourth-order valence-corrected chi connectivity index (χ4v) is 4.63. The standard InChI is InChI=1S/C27H21BrN2O/c28-22-13-9-12-21(18-22)26-29(19-20-10-3-1-4-11-20)25-17-8-7-16-24(25)27(31)30(26)23-14-5-2-6-15-23/h1-18,26H,19H2/t26-/m0/s1. The Bertz CT molecular complexity index is 1210. The zero-order chi connectivity index (χ0) is 21.2. The molecule has 0 unspecified atom stereocenters. The van der Waals surface area contributed by atoms with Gasteiger partial charge in [-0.1, -0.05) is 88.7 Å². The van der Waals surface area contributed by atoms with Gasteiger partial charge in [-0.15, -0.1) is 0 Å². The van der Waals surface area contributed by atoms with Crippen molar-refractivity contribution in [2.45, 2.75) is 12.7 Å². The van der Waals surface area contributed by atoms with E-state index in [-0.39, 0.29) is 12.1 Å². The van der Waals surface area contributed by atoms with Crippen molar-refractivity contribution in [1.29, 1.82) is 0 Å². The zero-order valence-corrected chi connectivity index (χ0v) is 18.4. The van der Waals surface area contributed by atoms with Crippen LogP contribution in [-0.4, -0.2) is 5.91 Å². The number of hydrogen-bond donors (Lipinski definition) is 0. The number of rotatable bonds is 4. The molecule has 0 aliphatic carbocycles. The maximum Gasteiger partial charge on any atom is 0.262 e. The van der Waals surface area contributed by atoms with Gasteiger partial charge < -0.3 is 4.90 Å². The van der Waals surface area contributed by atoms with Crippen molar-refractivity contribution in [1.82, 2.24) is 0 Å². The molecule has 3 nitrogen and oxygen atoms in total. The molecule has 1 heterocycles. The van der Waals surface area contributed by atoms with E-state index < -0.39 is 0 Å². The summed E-state index contributed by atoms with van der Waals surface area (Å²) in [5.41, 5.74) is 4.80. The van der Waals surface area contributed by atoms with E-state index in [4.69, 9.17) is 0 Å². The van der Waals surface area contributed by atoms with Crippen LogP contribution in [-0.2, 0) is 6.54 Å². The van der Waals surface area contributed by atoms with Gasteiger partial charge in [0.25, 0.3) is 5.91 Å². The summed E-state index contributed by atoms with van der Waals surface area (Å²) in [5.74, 6) is 0.0103. The summed E-state index contributed by atoms with van der Waals surface area (Å²) < 4.78 is 0.990. The molecule has 4 aromatic carbocycles. The predicted octanol–water partition coefficient (Wildman–Crippen LogP) is 6.81. The highest BCUT2D eigenvalue weighted by molar-refractivity contribution is 9.10. The first-order chi connectivity index (χ1) is 15.2. The molecular formula is C27H21BrN2O. The SMILES string of the molecule is O=C1c2ccccc2N(Cc2ccccc2)[C@H](c2cccc(Br)c2)N1c1ccccc1. The van der Waals surface area contributed by atoms with E-state index in [0.717, 1.165) is 21.4 Å². The van der Waals surface area contributed by atoms with Crippen molar-refractivity contribution >= 4 is 33.2 Å². The Hall–Kier alpha value is -3.37. The lowest BCUT2D eigenvalue weighted by atomic mass is 9.99. The first-order valence-corrected chi connectivity index (χ1v) is 11.1. The molecule has 0 radical (unpaired) electrons. The van der Waals surface area contributed by atoms with Crippen LogP contribution in [0.4, 0.5) is 11.4 Å². The third-order valence-corrected chi connectivity index (χ3v) is 6.07. The molecule has 152 valence electrons. The van der Waals surface area contributed by atoms with Gasteiger partial charge in [0.2, 0.25) is 0 Å². The molecule has 1 atom stereocenters. The molecule has 0 bridgehead atoms. The molecule has 0 N–H and O–H groups in total. The van der Waals surface area contributed by atoms with Crippen LogP contribution in [0.1, 0.15) is 27.7 Å². The largest absolute Gasteiger partial charge is 0.342 e. The van der Waals surface area contributed by atoms with Crippen molar-refractivity contribution in [3.63, 3.8) is 0 Å². The number of anilines is 2. The Morgan fingerprint density at radius 3 is 2.16 bits per heavy atom. The van der Waals surface area contributed by atoms with E-state index in [1.165, 1.54) is 5.56 Å². The quantitative estimate of drug-likeness (QED) is 0.328. The fraction of sp³-hybridized carbons (Fsp3) is 0.0741. The highest BCUT2D eigenvalue weighted by Crippen LogP contribution is 2.42. The van der Waals surface area contributed by atoms with Gasteiger partial charge in [0.05, 0.1) is 11.3 Å². The van der Waals surface area contributed by atoms with Crippen LogP contribution in [0.15, 0.2) is 114 Å². The lowest BCUT2D eigenvalue weighted by molar-refractivity contribution is 0.0968. The Balaban J connectivity index is 1.73. The number of nitrogens with zero attached hydrogens (tertiary/aromatic N) is 2. The third-order valence-electron chi connectivity index (χ3n) is 5.58. The van der Waals surface area contributed by atoms with Crippen LogP contribution < -0.4 is 9.80 Å². The minimum atomic E-state index is -0.275. The van der Waals surface area contributed by atoms with Gasteiger partial charge in [0, 0.05) is 16.7 Å². The van der Waals surface area contributed by atoms with Crippen LogP contribution >= 0.6 is 15.9 Å². The first-order valence-electron chi connectivity index (χ1n) is 10.3. The van der Waals surface area contributed by atoms with Gasteiger partial charge in [0.15, 0.2) is 0 Å². The summed E-state index contributed by atoms with van der Waals surface area (Å²) in [6.45, 7) is 0.686. The van der Waals surface area contributed by atoms with Crippen molar-refractivity contribution in [2.75, 3.05) is 9.80 Å². The molecule has 0 saturated heterocycles. The molecule has 1 aliphatic rings. The fourth-order valence-electron chi connectivity index (χ4n) is 4.21. The van der Waals surface area contributed by atoms with Crippen LogP contribution in [0.2, 0.25) is 0 Å². The number of halogens is 1. The second-order valence-electron chi connectivity index (χ2n) is 7.57. The second kappa shape index (κ2) is 8.40. The summed E-state index contributed by atoms with van der Waals surface area (Å²) in [4.78, 5) is 18.0. The Morgan fingerprint density at radius 1 is 0.742 bits per heavy atom. The minimum absolute atomic E-state index is 0.0103. The van der Waals surface area contributed by atoms with E-state index in [2.05, 4.69) is 57.2 Å². The molecular weight excluding hydrogens is 448 g/mol. The lowest BCUT2D eigenvalue weighted by Crippen LogP contribution is -2.49. The van der Waals surface area contributed by atoms with Crippen molar-refractivity contribution in [3.05, 3.63) is 130 Å². The number of carbonyl (C=O) groups is 1. The monoisotopic (exact) mass is 468 g/mol. The molecule has 0 fully saturated rings. The number of amides is 1. The van der Waals surface area contributed by atoms with Gasteiger partial charge in [-0.3, -0.25) is 9.69 Å². The summed E-state index contributed by atoms with van der Waals surface area (Å²) >= 11 is 3.62. The normalized spacial score (nSPS) is 15.6. The number of para-hydroxylation sites is 2. The summed E-state index contributed by atoms with van der Waals surface area (Å²) in [7, 11) is 0. The summed E-state index contributed by atoms with van der Waals surface area (Å²) in [5, 5.41) is 0. The second-order valence-corrected chi connectivity index (χ2v) is 8.49. The number of hydrogen-bond acceptors (Lipinski definition) is 2. The smallest absolute Gasteiger partial charge is 0.262 e. The summed E-state index contributed by atoms with van der Waals surface area (Å²) in [6.07, 6.45) is -0.275. The molecule has 1 aliphatic heterocycles. The molecule has 0 spiro atoms. The van der Waals surface area contributed by atoms with Gasteiger partial charge in [-0.05, 0) is 47.5 Å². The maximum absolute atomic E-state index is 13.8. The Kier molecular flexibility index (Phi) is 5.31. The van der Waals surface area contributed by atoms with Gasteiger partial charge in [-0.25, -0.2) is 0 Å². The van der Waals surface area contributed by atoms with Crippen molar-refractivity contribution in [2.24, 2.45) is 0 Å². The number of benzene rings is 4. The van der Waals surface area contributed by atoms with E-state index in [9.17, 15) is 4.79 Å². The molecule has 31 heavy (non-hydrogen) atoms. The Morgan fingerprint density at radius 2 is 1.42 bits per heavy atom. The zero-order valence-electron chi connectivity index (χ0n) is 16.9. The topological polar surface area (TPSA) is 23.6 Å². The molecule has 4 heteroatoms. The predicted molar refractivity (Wildman–Crippen MR) is 129 cm³/mol. The van der Waals surface area contributed by atoms with Gasteiger partial charge in [0.1, 0.15) is 6.17 Å². The average molecular weight is 469 g/mol. The average Bonchev–Trinajstić information content (AvgIpc) is 2.82. The minimum Gasteiger partial charge on any atom is -0.342 e. The molecule has 1 amide bonds. The lowest BCUT2D eigenvalue weighted by Gasteiger charge is -2.46. The maximum atomic E-state index is 13.8. The number of fused-ring (bicyclic) bond motifs is 1. The Labute approximate surface area is 190 Å². The third kappa shape index (κ3) is 3.75. The molecule has 0 saturated carbocycles. The van der Waals surface area contributed by atoms with Crippen LogP contribution in [0.3, 0.4) is 0 Å². The van der Waals surface area contributed by atoms with Crippen LogP contribution in [0.25, 0.3) is 0 Å². The summed E-state index contributed by atoms with van der Waals surface area (Å²) in [6, 6.07) is 36.4.